The zero-order valence-corrected chi connectivity index (χ0v) is 19.5. The number of fused-ring (bicyclic) bond motifs is 7. The molecule has 6 rings (SSSR count). The van der Waals surface area contributed by atoms with Crippen molar-refractivity contribution in [2.75, 3.05) is 0 Å². The van der Waals surface area contributed by atoms with Gasteiger partial charge in [0.15, 0.2) is 0 Å². The minimum atomic E-state index is 0.466. The molecule has 0 fully saturated rings. The van der Waals surface area contributed by atoms with E-state index in [1.54, 1.807) is 11.1 Å². The van der Waals surface area contributed by atoms with Crippen molar-refractivity contribution in [2.24, 2.45) is 11.8 Å². The number of allylic oxidation sites excluding steroid dienone is 9. The quantitative estimate of drug-likeness (QED) is 0.470. The Morgan fingerprint density at radius 1 is 0.938 bits per heavy atom. The van der Waals surface area contributed by atoms with Crippen molar-refractivity contribution in [2.45, 2.75) is 52.9 Å². The van der Waals surface area contributed by atoms with E-state index in [2.05, 4.69) is 87.5 Å². The highest BCUT2D eigenvalue weighted by Gasteiger charge is 2.37. The van der Waals surface area contributed by atoms with E-state index in [-0.39, 0.29) is 0 Å². The van der Waals surface area contributed by atoms with Crippen LogP contribution >= 0.6 is 0 Å². The molecular formula is C32H32. The normalized spacial score (nSPS) is 24.9. The SMILES string of the molecule is CCCC[C@H]1C=Cc2cccc3c2C1=C1/C3=C2/C=CC=C(CCc3cccc1c3C)C2C. The van der Waals surface area contributed by atoms with Gasteiger partial charge in [-0.15, -0.1) is 0 Å². The van der Waals surface area contributed by atoms with E-state index in [0.29, 0.717) is 11.8 Å². The van der Waals surface area contributed by atoms with E-state index >= 15 is 0 Å². The lowest BCUT2D eigenvalue weighted by Crippen LogP contribution is -2.11. The molecule has 4 aliphatic carbocycles. The molecule has 0 amide bonds. The summed E-state index contributed by atoms with van der Waals surface area (Å²) in [5, 5.41) is 0. The number of benzene rings is 2. The van der Waals surface area contributed by atoms with Crippen molar-refractivity contribution in [3.63, 3.8) is 0 Å². The Morgan fingerprint density at radius 3 is 2.66 bits per heavy atom. The third-order valence-corrected chi connectivity index (χ3v) is 8.20. The lowest BCUT2D eigenvalue weighted by molar-refractivity contribution is 0.654. The van der Waals surface area contributed by atoms with Crippen LogP contribution in [0.25, 0.3) is 22.8 Å². The first-order chi connectivity index (χ1) is 15.7. The van der Waals surface area contributed by atoms with E-state index in [9.17, 15) is 0 Å². The van der Waals surface area contributed by atoms with Crippen LogP contribution in [0.1, 0.15) is 72.9 Å². The molecule has 0 aliphatic heterocycles. The summed E-state index contributed by atoms with van der Waals surface area (Å²) in [5.74, 6) is 0.966. The molecule has 0 saturated carbocycles. The fourth-order valence-corrected chi connectivity index (χ4v) is 6.41. The summed E-state index contributed by atoms with van der Waals surface area (Å²) >= 11 is 0. The molecule has 0 spiro atoms. The third kappa shape index (κ3) is 2.82. The van der Waals surface area contributed by atoms with Crippen molar-refractivity contribution in [1.29, 1.82) is 0 Å². The topological polar surface area (TPSA) is 0 Å². The molecule has 0 heteroatoms. The van der Waals surface area contributed by atoms with Crippen LogP contribution in [-0.4, -0.2) is 0 Å². The van der Waals surface area contributed by atoms with Crippen molar-refractivity contribution >= 4 is 22.8 Å². The molecule has 4 aliphatic rings. The fourth-order valence-electron chi connectivity index (χ4n) is 6.41. The molecule has 2 aromatic carbocycles. The lowest BCUT2D eigenvalue weighted by Gasteiger charge is -2.28. The smallest absolute Gasteiger partial charge is 0.00340 e. The van der Waals surface area contributed by atoms with Crippen molar-refractivity contribution in [3.8, 4) is 0 Å². The Kier molecular flexibility index (Phi) is 4.72. The van der Waals surface area contributed by atoms with Crippen LogP contribution in [0.15, 0.2) is 71.8 Å². The minimum absolute atomic E-state index is 0.466. The van der Waals surface area contributed by atoms with Crippen LogP contribution in [0.4, 0.5) is 0 Å². The van der Waals surface area contributed by atoms with Crippen molar-refractivity contribution in [1.82, 2.24) is 0 Å². The summed E-state index contributed by atoms with van der Waals surface area (Å²) in [6, 6.07) is 14.0. The molecule has 0 radical (unpaired) electrons. The highest BCUT2D eigenvalue weighted by Crippen LogP contribution is 2.56. The molecule has 0 aromatic heterocycles. The number of hydrogen-bond acceptors (Lipinski definition) is 0. The Morgan fingerprint density at radius 2 is 1.78 bits per heavy atom. The molecule has 32 heavy (non-hydrogen) atoms. The first kappa shape index (κ1) is 19.8. The summed E-state index contributed by atoms with van der Waals surface area (Å²) < 4.78 is 0. The van der Waals surface area contributed by atoms with Crippen molar-refractivity contribution in [3.05, 3.63) is 105 Å². The molecule has 4 bridgehead atoms. The standard InChI is InChI=1S/C32H32/c1-4-5-9-25-19-18-24-12-8-15-28-29(24)30(25)32-27-14-7-11-23(21(27)3)17-16-22-10-6-13-26(20(22)2)31(28)32/h6-8,10-15,18-20,25H,4-5,9,16-17H2,1-3H3/b31-26-/t20?,25-/m0/s1. The van der Waals surface area contributed by atoms with Crippen LogP contribution in [0.2, 0.25) is 0 Å². The van der Waals surface area contributed by atoms with Gasteiger partial charge in [0, 0.05) is 11.8 Å². The molecular weight excluding hydrogens is 384 g/mol. The molecule has 1 unspecified atom stereocenters. The van der Waals surface area contributed by atoms with E-state index in [1.807, 2.05) is 0 Å². The summed E-state index contributed by atoms with van der Waals surface area (Å²) in [7, 11) is 0. The van der Waals surface area contributed by atoms with Crippen LogP contribution in [0.3, 0.4) is 0 Å². The molecule has 160 valence electrons. The molecule has 0 nitrogen and oxygen atoms in total. The second-order valence-electron chi connectivity index (χ2n) is 9.91. The summed E-state index contributed by atoms with van der Waals surface area (Å²) in [5.41, 5.74) is 16.5. The van der Waals surface area contributed by atoms with Crippen LogP contribution in [0.5, 0.6) is 0 Å². The highest BCUT2D eigenvalue weighted by molar-refractivity contribution is 6.24. The first-order valence-corrected chi connectivity index (χ1v) is 12.5. The van der Waals surface area contributed by atoms with Gasteiger partial charge in [-0.25, -0.2) is 0 Å². The molecule has 0 heterocycles. The highest BCUT2D eigenvalue weighted by atomic mass is 14.4. The molecule has 2 atom stereocenters. The van der Waals surface area contributed by atoms with Crippen LogP contribution in [-0.2, 0) is 6.42 Å². The third-order valence-electron chi connectivity index (χ3n) is 8.20. The molecule has 2 aromatic rings. The number of hydrogen-bond donors (Lipinski definition) is 0. The first-order valence-electron chi connectivity index (χ1n) is 12.5. The second kappa shape index (κ2) is 7.62. The Bertz CT molecular complexity index is 1270. The summed E-state index contributed by atoms with van der Waals surface area (Å²) in [6.07, 6.45) is 18.0. The van der Waals surface area contributed by atoms with Gasteiger partial charge in [-0.05, 0) is 81.9 Å². The van der Waals surface area contributed by atoms with Gasteiger partial charge in [0.2, 0.25) is 0 Å². The van der Waals surface area contributed by atoms with E-state index in [0.717, 1.165) is 12.8 Å². The monoisotopic (exact) mass is 416 g/mol. The average molecular weight is 417 g/mol. The lowest BCUT2D eigenvalue weighted by atomic mass is 9.76. The number of aryl methyl sites for hydroxylation is 1. The summed E-state index contributed by atoms with van der Waals surface area (Å²) in [6.45, 7) is 7.09. The number of rotatable bonds is 3. The Hall–Kier alpha value is -2.86. The van der Waals surface area contributed by atoms with Crippen LogP contribution < -0.4 is 0 Å². The van der Waals surface area contributed by atoms with Crippen molar-refractivity contribution < 1.29 is 0 Å². The minimum Gasteiger partial charge on any atom is -0.0763 e. The maximum absolute atomic E-state index is 2.49. The molecule has 0 N–H and O–H groups in total. The zero-order chi connectivity index (χ0) is 21.8. The van der Waals surface area contributed by atoms with Crippen LogP contribution in [0, 0.1) is 18.8 Å². The van der Waals surface area contributed by atoms with Gasteiger partial charge in [0.05, 0.1) is 0 Å². The van der Waals surface area contributed by atoms with Gasteiger partial charge in [-0.1, -0.05) is 99.0 Å². The fraction of sp³-hybridized carbons (Fsp3) is 0.312. The average Bonchev–Trinajstić information content (AvgIpc) is 3.15. The second-order valence-corrected chi connectivity index (χ2v) is 9.91. The Balaban J connectivity index is 1.74. The van der Waals surface area contributed by atoms with Gasteiger partial charge < -0.3 is 0 Å². The largest absolute Gasteiger partial charge is 0.0763 e. The molecule has 0 saturated heterocycles. The van der Waals surface area contributed by atoms with Gasteiger partial charge in [0.25, 0.3) is 0 Å². The van der Waals surface area contributed by atoms with Gasteiger partial charge in [-0.2, -0.15) is 0 Å². The predicted octanol–water partition coefficient (Wildman–Crippen LogP) is 8.58. The number of unbranched alkanes of at least 4 members (excludes halogenated alkanes) is 1. The maximum Gasteiger partial charge on any atom is 0.00340 e. The summed E-state index contributed by atoms with van der Waals surface area (Å²) in [4.78, 5) is 0. The van der Waals surface area contributed by atoms with E-state index in [4.69, 9.17) is 0 Å². The zero-order valence-electron chi connectivity index (χ0n) is 19.5. The van der Waals surface area contributed by atoms with Gasteiger partial charge >= 0.3 is 0 Å². The maximum atomic E-state index is 2.49. The van der Waals surface area contributed by atoms with E-state index < -0.39 is 0 Å². The predicted molar refractivity (Wildman–Crippen MR) is 138 cm³/mol. The van der Waals surface area contributed by atoms with E-state index in [1.165, 1.54) is 69.4 Å². The Labute approximate surface area is 192 Å². The van der Waals surface area contributed by atoms with Gasteiger partial charge in [0.1, 0.15) is 0 Å². The van der Waals surface area contributed by atoms with Gasteiger partial charge in [-0.3, -0.25) is 0 Å².